The molecule has 1 fully saturated rings. The van der Waals surface area contributed by atoms with Crippen molar-refractivity contribution in [2.75, 3.05) is 24.6 Å². The summed E-state index contributed by atoms with van der Waals surface area (Å²) < 4.78 is 36.2. The van der Waals surface area contributed by atoms with E-state index in [1.54, 1.807) is 12.1 Å². The van der Waals surface area contributed by atoms with Crippen LogP contribution in [0.25, 0.3) is 0 Å². The molecule has 6 atom stereocenters. The molecule has 1 saturated carbocycles. The minimum Gasteiger partial charge on any atom is -0.490 e. The lowest BCUT2D eigenvalue weighted by Crippen LogP contribution is -2.49. The Hall–Kier alpha value is -2.55. The fourth-order valence-corrected chi connectivity index (χ4v) is 9.87. The molecule has 2 heterocycles. The first-order valence-electron chi connectivity index (χ1n) is 16.3. The van der Waals surface area contributed by atoms with E-state index in [0.29, 0.717) is 37.3 Å². The maximum absolute atomic E-state index is 13.6. The molecular weight excluding hydrogens is 596 g/mol. The Morgan fingerprint density at radius 2 is 2.02 bits per heavy atom. The number of ether oxygens (including phenoxy) is 1. The average molecular weight is 641 g/mol. The molecule has 2 aliphatic heterocycles. The number of nitrogens with zero attached hydrogens (tertiary/aromatic N) is 1. The highest BCUT2D eigenvalue weighted by Crippen LogP contribution is 2.46. The summed E-state index contributed by atoms with van der Waals surface area (Å²) in [7, 11) is -3.94. The van der Waals surface area contributed by atoms with Gasteiger partial charge in [0.1, 0.15) is 5.75 Å². The third-order valence-corrected chi connectivity index (χ3v) is 12.8. The number of aryl methyl sites for hydroxylation is 1. The number of nitrogens with one attached hydrogen (secondary N) is 1. The number of anilines is 1. The van der Waals surface area contributed by atoms with Crippen molar-refractivity contribution in [2.45, 2.75) is 88.4 Å². The number of unbranched alkanes of at least 4 members (excludes halogenated alkanes) is 1. The van der Waals surface area contributed by atoms with E-state index >= 15 is 0 Å². The molecular formula is C35H45ClN2O5S. The van der Waals surface area contributed by atoms with E-state index in [0.717, 1.165) is 62.2 Å². The Labute approximate surface area is 267 Å². The second-order valence-electron chi connectivity index (χ2n) is 13.6. The van der Waals surface area contributed by atoms with Gasteiger partial charge in [0.2, 0.25) is 10.0 Å². The number of hydrogen-bond donors (Lipinski definition) is 2. The van der Waals surface area contributed by atoms with Crippen molar-refractivity contribution in [3.05, 3.63) is 70.3 Å². The molecule has 6 rings (SSSR count). The second kappa shape index (κ2) is 12.7. The zero-order chi connectivity index (χ0) is 31.1. The Kier molecular flexibility index (Phi) is 9.06. The summed E-state index contributed by atoms with van der Waals surface area (Å²) in [5.41, 5.74) is 3.35. The zero-order valence-electron chi connectivity index (χ0n) is 25.8. The van der Waals surface area contributed by atoms with E-state index in [9.17, 15) is 18.3 Å². The third kappa shape index (κ3) is 6.14. The van der Waals surface area contributed by atoms with Crippen molar-refractivity contribution in [3.8, 4) is 5.75 Å². The van der Waals surface area contributed by atoms with Crippen LogP contribution in [0, 0.1) is 17.8 Å². The smallest absolute Gasteiger partial charge is 0.264 e. The van der Waals surface area contributed by atoms with E-state index < -0.39 is 27.3 Å². The fraction of sp³-hybridized carbons (Fsp3) is 0.571. The van der Waals surface area contributed by atoms with E-state index in [-0.39, 0.29) is 23.2 Å². The summed E-state index contributed by atoms with van der Waals surface area (Å²) in [5.74, 6) is 0.278. The number of halogens is 1. The van der Waals surface area contributed by atoms with E-state index in [1.165, 1.54) is 11.1 Å². The number of sulfonamides is 1. The number of fused-ring (bicyclic) bond motifs is 4. The molecule has 238 valence electrons. The molecule has 0 radical (unpaired) electrons. The minimum atomic E-state index is -3.94. The average Bonchev–Trinajstić information content (AvgIpc) is 3.11. The van der Waals surface area contributed by atoms with Gasteiger partial charge in [0.05, 0.1) is 23.6 Å². The number of hydrogen-bond acceptors (Lipinski definition) is 6. The van der Waals surface area contributed by atoms with Crippen LogP contribution in [0.3, 0.4) is 0 Å². The van der Waals surface area contributed by atoms with Crippen LogP contribution in [0.5, 0.6) is 5.75 Å². The predicted octanol–water partition coefficient (Wildman–Crippen LogP) is 6.41. The minimum absolute atomic E-state index is 0.126. The van der Waals surface area contributed by atoms with E-state index in [4.69, 9.17) is 16.3 Å². The van der Waals surface area contributed by atoms with E-state index in [2.05, 4.69) is 21.8 Å². The lowest BCUT2D eigenvalue weighted by atomic mass is 9.68. The molecule has 0 aromatic heterocycles. The summed E-state index contributed by atoms with van der Waals surface area (Å²) in [5, 5.41) is 11.3. The van der Waals surface area contributed by atoms with Crippen molar-refractivity contribution in [2.24, 2.45) is 17.8 Å². The molecule has 9 heteroatoms. The number of benzene rings is 2. The van der Waals surface area contributed by atoms with Gasteiger partial charge >= 0.3 is 0 Å². The highest BCUT2D eigenvalue weighted by Gasteiger charge is 2.44. The number of allylic oxidation sites excluding steroid dienone is 1. The second-order valence-corrected chi connectivity index (χ2v) is 15.9. The molecule has 2 bridgehead atoms. The topological polar surface area (TPSA) is 95.9 Å². The molecule has 2 aliphatic carbocycles. The molecule has 7 nitrogen and oxygen atoms in total. The van der Waals surface area contributed by atoms with Crippen LogP contribution in [0.4, 0.5) is 5.69 Å². The van der Waals surface area contributed by atoms with Crippen molar-refractivity contribution in [1.29, 1.82) is 0 Å². The number of amides is 1. The summed E-state index contributed by atoms with van der Waals surface area (Å²) >= 11 is 6.40. The van der Waals surface area contributed by atoms with Gasteiger partial charge < -0.3 is 14.7 Å². The number of aliphatic hydroxyl groups excluding tert-OH is 1. The standard InChI is InChI=1S/C35H45ClN2O5S/c1-3-4-10-33-23(2)7-5-9-31(39)28-14-11-26(28)20-38-21-35(17-6-8-24-18-27(36)13-15-29(24)35)22-43-32-16-12-25(19-30(32)38)34(40)37-44(33,41)42/h5,9,12-13,15-16,18-19,23,26,28,31,33,39H,3-4,6-8,10-11,14,17,20-22H2,1-2H3,(H,37,40)/b9-5+/t23-,26+,28-,31+,33-,35+/m1/s1. The molecule has 2 aromatic carbocycles. The highest BCUT2D eigenvalue weighted by atomic mass is 35.5. The SMILES string of the molecule is CCCC[C@@H]1[C@H](C)C/C=C/[C@H](O)[C@@H]2CC[C@H]2CN2C[C@@]3(CCCc4cc(Cl)ccc43)COc3ccc(cc32)C(=O)NS1(=O)=O. The first-order chi connectivity index (χ1) is 21.1. The summed E-state index contributed by atoms with van der Waals surface area (Å²) in [6, 6.07) is 11.5. The van der Waals surface area contributed by atoms with Gasteiger partial charge in [-0.25, -0.2) is 13.1 Å². The maximum Gasteiger partial charge on any atom is 0.264 e. The van der Waals surface area contributed by atoms with Crippen LogP contribution in [-0.2, 0) is 21.9 Å². The van der Waals surface area contributed by atoms with Crippen LogP contribution in [0.1, 0.15) is 86.7 Å². The van der Waals surface area contributed by atoms with Gasteiger partial charge in [-0.3, -0.25) is 4.79 Å². The molecule has 2 N–H and O–H groups in total. The summed E-state index contributed by atoms with van der Waals surface area (Å²) in [6.45, 7) is 5.87. The summed E-state index contributed by atoms with van der Waals surface area (Å²) in [6.07, 6.45) is 10.8. The van der Waals surface area contributed by atoms with Crippen molar-refractivity contribution in [1.82, 2.24) is 4.72 Å². The Bertz CT molecular complexity index is 1530. The Balaban J connectivity index is 1.41. The predicted molar refractivity (Wildman–Crippen MR) is 175 cm³/mol. The van der Waals surface area contributed by atoms with Crippen LogP contribution in [-0.4, -0.2) is 50.5 Å². The van der Waals surface area contributed by atoms with Gasteiger partial charge in [-0.05, 0) is 104 Å². The lowest BCUT2D eigenvalue weighted by Gasteiger charge is -2.45. The van der Waals surface area contributed by atoms with Crippen molar-refractivity contribution in [3.63, 3.8) is 0 Å². The van der Waals surface area contributed by atoms with Crippen molar-refractivity contribution < 1.29 is 23.1 Å². The van der Waals surface area contributed by atoms with Crippen LogP contribution in [0.15, 0.2) is 48.6 Å². The quantitative estimate of drug-likeness (QED) is 0.376. The largest absolute Gasteiger partial charge is 0.490 e. The molecule has 0 saturated heterocycles. The van der Waals surface area contributed by atoms with Gasteiger partial charge in [0.15, 0.2) is 0 Å². The van der Waals surface area contributed by atoms with E-state index in [1.807, 2.05) is 38.1 Å². The maximum atomic E-state index is 13.6. The van der Waals surface area contributed by atoms with Gasteiger partial charge in [0, 0.05) is 29.1 Å². The normalized spacial score (nSPS) is 32.3. The number of carbonyl (C=O) groups excluding carboxylic acids is 1. The first-order valence-corrected chi connectivity index (χ1v) is 18.2. The first kappa shape index (κ1) is 31.4. The van der Waals surface area contributed by atoms with Crippen molar-refractivity contribution >= 4 is 33.2 Å². The Morgan fingerprint density at radius 1 is 1.18 bits per heavy atom. The summed E-state index contributed by atoms with van der Waals surface area (Å²) in [4.78, 5) is 15.9. The molecule has 1 spiro atoms. The molecule has 44 heavy (non-hydrogen) atoms. The number of rotatable bonds is 3. The number of aliphatic hydroxyl groups is 1. The van der Waals surface area contributed by atoms with Crippen LogP contribution in [0.2, 0.25) is 5.02 Å². The fourth-order valence-electron chi connectivity index (χ4n) is 7.95. The monoisotopic (exact) mass is 640 g/mol. The van der Waals surface area contributed by atoms with Gasteiger partial charge in [-0.2, -0.15) is 0 Å². The Morgan fingerprint density at radius 3 is 2.80 bits per heavy atom. The third-order valence-electron chi connectivity index (χ3n) is 10.6. The lowest BCUT2D eigenvalue weighted by molar-refractivity contribution is 0.0455. The van der Waals surface area contributed by atoms with Gasteiger partial charge in [-0.1, -0.05) is 56.5 Å². The number of carbonyl (C=O) groups is 1. The van der Waals surface area contributed by atoms with Gasteiger partial charge in [-0.15, -0.1) is 0 Å². The van der Waals surface area contributed by atoms with Crippen LogP contribution < -0.4 is 14.4 Å². The van der Waals surface area contributed by atoms with Crippen LogP contribution >= 0.6 is 11.6 Å². The highest BCUT2D eigenvalue weighted by molar-refractivity contribution is 7.90. The molecule has 1 amide bonds. The molecule has 4 aliphatic rings. The zero-order valence-corrected chi connectivity index (χ0v) is 27.4. The van der Waals surface area contributed by atoms with Gasteiger partial charge in [0.25, 0.3) is 5.91 Å². The molecule has 2 aromatic rings. The molecule has 0 unspecified atom stereocenters.